The predicted molar refractivity (Wildman–Crippen MR) is 44.3 cm³/mol. The number of carbonyl (C=O) groups is 3. The van der Waals surface area contributed by atoms with Crippen molar-refractivity contribution < 1.29 is 154 Å². The molecule has 0 heterocycles. The van der Waals surface area contributed by atoms with Gasteiger partial charge in [-0.3, -0.25) is 9.59 Å². The molecule has 0 spiro atoms. The molecule has 7 nitrogen and oxygen atoms in total. The summed E-state index contributed by atoms with van der Waals surface area (Å²) < 4.78 is 0. The Morgan fingerprint density at radius 2 is 0.941 bits per heavy atom. The van der Waals surface area contributed by atoms with E-state index in [0.717, 1.165) is 19.9 Å². The van der Waals surface area contributed by atoms with E-state index in [1.165, 1.54) is 0 Å². The Morgan fingerprint density at radius 3 is 0.941 bits per heavy atom. The Bertz CT molecular complexity index is 224. The van der Waals surface area contributed by atoms with Crippen molar-refractivity contribution >= 4 is 17.9 Å². The van der Waals surface area contributed by atoms with Crippen LogP contribution in [-0.4, -0.2) is 33.2 Å². The average molecular weight is 287 g/mol. The third kappa shape index (κ3) is 298. The minimum absolute atomic E-state index is 0. The first-order valence-corrected chi connectivity index (χ1v) is 2.76. The summed E-state index contributed by atoms with van der Waals surface area (Å²) in [5.41, 5.74) is 0. The second-order valence-electron chi connectivity index (χ2n) is 1.45. The molecular formula is C6H13NNa4O6. The minimum Gasteiger partial charge on any atom is -1.00 e. The van der Waals surface area contributed by atoms with Crippen LogP contribution in [0.1, 0.15) is 19.6 Å². The molecule has 0 amide bonds. The van der Waals surface area contributed by atoms with E-state index in [1.807, 2.05) is 0 Å². The summed E-state index contributed by atoms with van der Waals surface area (Å²) in [5, 5.41) is 29.5. The molecule has 0 saturated carbocycles. The summed E-state index contributed by atoms with van der Waals surface area (Å²) in [5.74, 6) is -3.11. The number of nitrogens with zero attached hydrogens (tertiary/aromatic N) is 1. The Hall–Kier alpha value is 1.90. The Kier molecular flexibility index (Phi) is 90.8. The quantitative estimate of drug-likeness (QED) is 0.228. The van der Waals surface area contributed by atoms with Crippen LogP contribution in [0.5, 0.6) is 0 Å². The van der Waals surface area contributed by atoms with E-state index >= 15 is 0 Å². The molecule has 0 aromatic rings. The summed E-state index contributed by atoms with van der Waals surface area (Å²) in [6, 6.07) is 0.944. The van der Waals surface area contributed by atoms with Gasteiger partial charge in [-0.15, -0.1) is 0 Å². The van der Waals surface area contributed by atoms with E-state index in [-0.39, 0.29) is 124 Å². The van der Waals surface area contributed by atoms with E-state index in [1.54, 1.807) is 0 Å². The zero-order chi connectivity index (χ0) is 11.4. The van der Waals surface area contributed by atoms with Gasteiger partial charge in [0.2, 0.25) is 0 Å². The molecule has 0 unspecified atom stereocenters. The predicted octanol–water partition coefficient (Wildman–Crippen LogP) is -11.8. The molecule has 0 aliphatic carbocycles. The van der Waals surface area contributed by atoms with Crippen molar-refractivity contribution in [3.8, 4) is 6.07 Å². The maximum atomic E-state index is 9.01. The number of hydrogen-bond acceptors (Lipinski definition) is 4. The van der Waals surface area contributed by atoms with Crippen LogP contribution in [-0.2, 0) is 14.4 Å². The largest absolute Gasteiger partial charge is 1.00 e. The number of carboxylic acids is 3. The van der Waals surface area contributed by atoms with Gasteiger partial charge in [0.05, 0.1) is 0 Å². The van der Waals surface area contributed by atoms with Crippen molar-refractivity contribution in [1.82, 2.24) is 0 Å². The van der Waals surface area contributed by atoms with Crippen LogP contribution in [0.25, 0.3) is 0 Å². The van der Waals surface area contributed by atoms with Crippen LogP contribution in [0.3, 0.4) is 0 Å². The summed E-state index contributed by atoms with van der Waals surface area (Å²) in [6.45, 7) is 2.17. The monoisotopic (exact) mass is 287 g/mol. The van der Waals surface area contributed by atoms with Gasteiger partial charge in [0.15, 0.2) is 6.07 Å². The minimum atomic E-state index is -1.44. The van der Waals surface area contributed by atoms with Gasteiger partial charge in [0.1, 0.15) is 0 Å². The maximum absolute atomic E-state index is 9.01. The van der Waals surface area contributed by atoms with Gasteiger partial charge < -0.3 is 21.0 Å². The van der Waals surface area contributed by atoms with E-state index in [2.05, 4.69) is 0 Å². The maximum Gasteiger partial charge on any atom is 1.00 e. The molecule has 0 radical (unpaired) electrons. The second kappa shape index (κ2) is 36.1. The van der Waals surface area contributed by atoms with Gasteiger partial charge in [0, 0.05) is 13.8 Å². The van der Waals surface area contributed by atoms with Gasteiger partial charge in [-0.25, -0.2) is 4.79 Å². The third-order valence-corrected chi connectivity index (χ3v) is 0.0956. The number of aliphatic carboxylic acids is 3. The normalized spacial score (nSPS) is 4.53. The van der Waals surface area contributed by atoms with E-state index in [4.69, 9.17) is 35.0 Å². The van der Waals surface area contributed by atoms with Gasteiger partial charge in [-0.1, -0.05) is 0 Å². The molecule has 3 N–H and O–H groups in total. The molecular weight excluding hydrogens is 274 g/mol. The molecule has 11 heteroatoms. The summed E-state index contributed by atoms with van der Waals surface area (Å²) in [4.78, 5) is 27.0. The van der Waals surface area contributed by atoms with Gasteiger partial charge in [-0.2, -0.15) is 5.26 Å². The summed E-state index contributed by atoms with van der Waals surface area (Å²) >= 11 is 0. The third-order valence-electron chi connectivity index (χ3n) is 0.0956. The number of nitriles is 1. The number of rotatable bonds is 0. The fourth-order valence-corrected chi connectivity index (χ4v) is 0. The fraction of sp³-hybridized carbons (Fsp3) is 0.333. The standard InChI is InChI=1S/C2HNO2.2C2H4O2.4Na.4H/c3-1-2(4)5;2*1-2(3)4;;;;;;;;/h(H,4,5);2*1H3,(H,3,4);;;;;;;;/q;;;4*+1;4*-1. The van der Waals surface area contributed by atoms with Crippen LogP contribution in [0, 0.1) is 11.3 Å². The molecule has 0 aromatic heterocycles. The SMILES string of the molecule is CC(=O)O.CC(=O)O.N#CC(=O)O.[H-].[H-].[H-].[H-].[Na+].[Na+].[Na+].[Na+]. The first kappa shape index (κ1) is 42.8. The topological polar surface area (TPSA) is 136 Å². The molecule has 0 atom stereocenters. The molecule has 0 saturated heterocycles. The van der Waals surface area contributed by atoms with Crippen molar-refractivity contribution in [3.05, 3.63) is 0 Å². The molecule has 0 aliphatic heterocycles. The average Bonchev–Trinajstić information content (AvgIpc) is 1.84. The van der Waals surface area contributed by atoms with Crippen molar-refractivity contribution in [2.24, 2.45) is 0 Å². The Labute approximate surface area is 193 Å². The second-order valence-corrected chi connectivity index (χ2v) is 1.45. The van der Waals surface area contributed by atoms with Crippen LogP contribution in [0.4, 0.5) is 0 Å². The van der Waals surface area contributed by atoms with Crippen LogP contribution >= 0.6 is 0 Å². The smallest absolute Gasteiger partial charge is 1.00 e. The van der Waals surface area contributed by atoms with E-state index in [9.17, 15) is 0 Å². The molecule has 17 heavy (non-hydrogen) atoms. The molecule has 0 fully saturated rings. The Morgan fingerprint density at radius 1 is 0.882 bits per heavy atom. The summed E-state index contributed by atoms with van der Waals surface area (Å²) in [7, 11) is 0. The van der Waals surface area contributed by atoms with Gasteiger partial charge >= 0.3 is 124 Å². The molecule has 0 aliphatic rings. The van der Waals surface area contributed by atoms with Crippen molar-refractivity contribution in [2.45, 2.75) is 13.8 Å². The van der Waals surface area contributed by atoms with Gasteiger partial charge in [0.25, 0.3) is 11.9 Å². The van der Waals surface area contributed by atoms with Crippen molar-refractivity contribution in [1.29, 1.82) is 5.26 Å². The van der Waals surface area contributed by atoms with Crippen LogP contribution in [0.15, 0.2) is 0 Å². The van der Waals surface area contributed by atoms with Crippen LogP contribution < -0.4 is 118 Å². The van der Waals surface area contributed by atoms with E-state index in [0.29, 0.717) is 0 Å². The van der Waals surface area contributed by atoms with Crippen molar-refractivity contribution in [2.75, 3.05) is 0 Å². The Balaban J connectivity index is -0.00000000670. The first-order valence-electron chi connectivity index (χ1n) is 2.76. The fourth-order valence-electron chi connectivity index (χ4n) is 0. The molecule has 82 valence electrons. The zero-order valence-electron chi connectivity index (χ0n) is 15.0. The first-order chi connectivity index (χ1) is 5.73. The number of hydrogen-bond donors (Lipinski definition) is 3. The van der Waals surface area contributed by atoms with Crippen molar-refractivity contribution in [3.63, 3.8) is 0 Å². The molecule has 0 rings (SSSR count). The van der Waals surface area contributed by atoms with Gasteiger partial charge in [-0.05, 0) is 0 Å². The zero-order valence-corrected chi connectivity index (χ0v) is 19.0. The summed E-state index contributed by atoms with van der Waals surface area (Å²) in [6.07, 6.45) is 0. The van der Waals surface area contributed by atoms with E-state index < -0.39 is 17.9 Å². The van der Waals surface area contributed by atoms with Crippen LogP contribution in [0.2, 0.25) is 0 Å². The molecule has 0 bridgehead atoms. The number of carboxylic acid groups (broad SMARTS) is 3. The molecule has 0 aromatic carbocycles.